The lowest BCUT2D eigenvalue weighted by atomic mass is 10.2. The molecule has 3 rings (SSSR count). The monoisotopic (exact) mass is 468 g/mol. The van der Waals surface area contributed by atoms with Gasteiger partial charge in [0.2, 0.25) is 21.1 Å². The van der Waals surface area contributed by atoms with Crippen molar-refractivity contribution in [3.8, 4) is 10.6 Å². The normalized spacial score (nSPS) is 11.6. The molecule has 152 valence electrons. The Morgan fingerprint density at radius 2 is 1.79 bits per heavy atom. The molecule has 0 aliphatic carbocycles. The van der Waals surface area contributed by atoms with Crippen molar-refractivity contribution in [1.29, 1.82) is 0 Å². The number of sulfonamides is 1. The molecule has 0 atom stereocenters. The number of halogens is 1. The first-order valence-electron chi connectivity index (χ1n) is 8.29. The second kappa shape index (κ2) is 9.23. The number of thioether (sulfide) groups is 1. The predicted octanol–water partition coefficient (Wildman–Crippen LogP) is 3.84. The van der Waals surface area contributed by atoms with E-state index in [9.17, 15) is 13.2 Å². The van der Waals surface area contributed by atoms with Gasteiger partial charge < -0.3 is 0 Å². The van der Waals surface area contributed by atoms with Crippen LogP contribution in [0.4, 0.5) is 5.13 Å². The van der Waals surface area contributed by atoms with Gasteiger partial charge in [0.25, 0.3) is 0 Å². The lowest BCUT2D eigenvalue weighted by Crippen LogP contribution is -2.34. The van der Waals surface area contributed by atoms with E-state index in [0.29, 0.717) is 10.0 Å². The molecule has 0 saturated heterocycles. The van der Waals surface area contributed by atoms with E-state index in [0.717, 1.165) is 14.8 Å². The first-order valence-corrected chi connectivity index (χ1v) is 12.1. The summed E-state index contributed by atoms with van der Waals surface area (Å²) in [4.78, 5) is 13.4. The maximum atomic E-state index is 12.6. The van der Waals surface area contributed by atoms with Crippen LogP contribution in [0.25, 0.3) is 10.6 Å². The first kappa shape index (κ1) is 21.7. The number of hydrogen-bond acceptors (Lipinski definition) is 7. The number of hydrogen-bond donors (Lipinski definition) is 1. The van der Waals surface area contributed by atoms with Crippen molar-refractivity contribution in [2.24, 2.45) is 0 Å². The number of benzene rings is 2. The molecule has 1 heterocycles. The van der Waals surface area contributed by atoms with Crippen LogP contribution in [0.3, 0.4) is 0 Å². The van der Waals surface area contributed by atoms with E-state index >= 15 is 0 Å². The van der Waals surface area contributed by atoms with Crippen LogP contribution < -0.4 is 5.32 Å². The summed E-state index contributed by atoms with van der Waals surface area (Å²) < 4.78 is 26.3. The number of likely N-dealkylation sites (N-methyl/N-ethyl adjacent to an activating group) is 1. The van der Waals surface area contributed by atoms with Crippen LogP contribution in [0.5, 0.6) is 0 Å². The van der Waals surface area contributed by atoms with Crippen molar-refractivity contribution >= 4 is 55.8 Å². The molecule has 0 fully saturated rings. The summed E-state index contributed by atoms with van der Waals surface area (Å²) in [7, 11) is -2.42. The molecule has 29 heavy (non-hydrogen) atoms. The Morgan fingerprint density at radius 1 is 1.14 bits per heavy atom. The number of rotatable bonds is 7. The van der Waals surface area contributed by atoms with E-state index in [1.165, 1.54) is 42.3 Å². The molecule has 0 bridgehead atoms. The molecular weight excluding hydrogens is 452 g/mol. The fourth-order valence-corrected chi connectivity index (χ4v) is 4.78. The average Bonchev–Trinajstić information content (AvgIpc) is 3.16. The fourth-order valence-electron chi connectivity index (χ4n) is 2.36. The smallest absolute Gasteiger partial charge is 0.243 e. The van der Waals surface area contributed by atoms with Crippen molar-refractivity contribution in [3.63, 3.8) is 0 Å². The molecule has 1 amide bonds. The number of carbonyl (C=O) groups excluding carboxylic acids is 1. The summed E-state index contributed by atoms with van der Waals surface area (Å²) >= 11 is 8.58. The Hall–Kier alpha value is -1.98. The van der Waals surface area contributed by atoms with Gasteiger partial charge in [-0.3, -0.25) is 10.1 Å². The highest BCUT2D eigenvalue weighted by Crippen LogP contribution is 2.27. The minimum Gasteiger partial charge on any atom is -0.299 e. The number of nitrogens with zero attached hydrogens (tertiary/aromatic N) is 3. The van der Waals surface area contributed by atoms with Gasteiger partial charge in [-0.1, -0.05) is 35.1 Å². The molecule has 0 aliphatic heterocycles. The maximum absolute atomic E-state index is 12.6. The predicted molar refractivity (Wildman–Crippen MR) is 117 cm³/mol. The van der Waals surface area contributed by atoms with Gasteiger partial charge in [0.05, 0.1) is 11.4 Å². The molecule has 2 aromatic carbocycles. The molecule has 7 nitrogen and oxygen atoms in total. The van der Waals surface area contributed by atoms with Crippen LogP contribution >= 0.6 is 34.7 Å². The zero-order valence-corrected chi connectivity index (χ0v) is 18.7. The standard InChI is InChI=1S/C18H17ClN4O3S3/c1-23(29(25,26)15-9-7-14(27-2)8-10-15)11-16(24)20-18-22-21-17(28-18)12-3-5-13(19)6-4-12/h3-10H,11H2,1-2H3,(H,20,22,24). The van der Waals surface area contributed by atoms with E-state index in [1.807, 2.05) is 6.26 Å². The summed E-state index contributed by atoms with van der Waals surface area (Å²) in [5.41, 5.74) is 0.820. The largest absolute Gasteiger partial charge is 0.299 e. The Labute approximate surface area is 182 Å². The molecular formula is C18H17ClN4O3S3. The number of anilines is 1. The zero-order chi connectivity index (χ0) is 21.0. The highest BCUT2D eigenvalue weighted by molar-refractivity contribution is 7.98. The number of amides is 1. The van der Waals surface area contributed by atoms with Crippen molar-refractivity contribution in [3.05, 3.63) is 53.6 Å². The van der Waals surface area contributed by atoms with Gasteiger partial charge in [0.1, 0.15) is 5.01 Å². The van der Waals surface area contributed by atoms with Crippen molar-refractivity contribution < 1.29 is 13.2 Å². The van der Waals surface area contributed by atoms with E-state index in [-0.39, 0.29) is 16.6 Å². The number of nitrogens with one attached hydrogen (secondary N) is 1. The summed E-state index contributed by atoms with van der Waals surface area (Å²) in [6.45, 7) is -0.345. The van der Waals surface area contributed by atoms with Gasteiger partial charge in [-0.15, -0.1) is 22.0 Å². The van der Waals surface area contributed by atoms with Crippen LogP contribution in [0.1, 0.15) is 0 Å². The zero-order valence-electron chi connectivity index (χ0n) is 15.5. The van der Waals surface area contributed by atoms with E-state index in [1.54, 1.807) is 36.4 Å². The molecule has 0 aliphatic rings. The van der Waals surface area contributed by atoms with Crippen LogP contribution in [0.2, 0.25) is 5.02 Å². The van der Waals surface area contributed by atoms with Crippen LogP contribution in [-0.4, -0.2) is 48.7 Å². The summed E-state index contributed by atoms with van der Waals surface area (Å²) in [5.74, 6) is -0.504. The van der Waals surface area contributed by atoms with Gasteiger partial charge in [0.15, 0.2) is 0 Å². The molecule has 1 aromatic heterocycles. The molecule has 1 N–H and O–H groups in total. The Morgan fingerprint density at radius 3 is 2.41 bits per heavy atom. The second-order valence-corrected chi connectivity index (χ2v) is 10.2. The quantitative estimate of drug-likeness (QED) is 0.529. The molecule has 11 heteroatoms. The minimum atomic E-state index is -3.78. The van der Waals surface area contributed by atoms with E-state index in [4.69, 9.17) is 11.6 Å². The van der Waals surface area contributed by atoms with Gasteiger partial charge in [-0.2, -0.15) is 4.31 Å². The maximum Gasteiger partial charge on any atom is 0.243 e. The number of aromatic nitrogens is 2. The summed E-state index contributed by atoms with van der Waals surface area (Å²) in [6.07, 6.45) is 1.91. The van der Waals surface area contributed by atoms with Gasteiger partial charge >= 0.3 is 0 Å². The highest BCUT2D eigenvalue weighted by Gasteiger charge is 2.23. The van der Waals surface area contributed by atoms with Crippen LogP contribution in [0, 0.1) is 0 Å². The molecule has 0 saturated carbocycles. The van der Waals surface area contributed by atoms with Crippen LogP contribution in [-0.2, 0) is 14.8 Å². The Balaban J connectivity index is 1.64. The van der Waals surface area contributed by atoms with Gasteiger partial charge in [0, 0.05) is 22.5 Å². The van der Waals surface area contributed by atoms with E-state index in [2.05, 4.69) is 15.5 Å². The fraction of sp³-hybridized carbons (Fsp3) is 0.167. The second-order valence-electron chi connectivity index (χ2n) is 5.90. The molecule has 0 radical (unpaired) electrons. The topological polar surface area (TPSA) is 92.3 Å². The lowest BCUT2D eigenvalue weighted by Gasteiger charge is -2.16. The summed E-state index contributed by atoms with van der Waals surface area (Å²) in [5, 5.41) is 12.1. The lowest BCUT2D eigenvalue weighted by molar-refractivity contribution is -0.116. The molecule has 3 aromatic rings. The van der Waals surface area contributed by atoms with Crippen LogP contribution in [0.15, 0.2) is 58.3 Å². The molecule has 0 spiro atoms. The van der Waals surface area contributed by atoms with Gasteiger partial charge in [-0.05, 0) is 42.7 Å². The third-order valence-corrected chi connectivity index (χ3v) is 7.60. The van der Waals surface area contributed by atoms with Crippen molar-refractivity contribution in [1.82, 2.24) is 14.5 Å². The van der Waals surface area contributed by atoms with Gasteiger partial charge in [-0.25, -0.2) is 8.42 Å². The SMILES string of the molecule is CSc1ccc(S(=O)(=O)N(C)CC(=O)Nc2nnc(-c3ccc(Cl)cc3)s2)cc1. The average molecular weight is 469 g/mol. The molecule has 0 unspecified atom stereocenters. The minimum absolute atomic E-state index is 0.131. The Kier molecular flexibility index (Phi) is 6.91. The third-order valence-electron chi connectivity index (χ3n) is 3.90. The van der Waals surface area contributed by atoms with E-state index < -0.39 is 15.9 Å². The third kappa shape index (κ3) is 5.34. The summed E-state index contributed by atoms with van der Waals surface area (Å²) in [6, 6.07) is 13.6. The Bertz CT molecular complexity index is 1100. The number of carbonyl (C=O) groups is 1. The first-order chi connectivity index (χ1) is 13.8. The van der Waals surface area contributed by atoms with Crippen molar-refractivity contribution in [2.75, 3.05) is 25.2 Å². The van der Waals surface area contributed by atoms with Crippen molar-refractivity contribution in [2.45, 2.75) is 9.79 Å². The highest BCUT2D eigenvalue weighted by atomic mass is 35.5.